The van der Waals surface area contributed by atoms with E-state index in [-0.39, 0.29) is 0 Å². The first kappa shape index (κ1) is 16.3. The Balaban J connectivity index is 1.70. The molecular formula is C15H27N5S. The van der Waals surface area contributed by atoms with Crippen molar-refractivity contribution in [1.29, 1.82) is 0 Å². The third-order valence-corrected chi connectivity index (χ3v) is 4.84. The summed E-state index contributed by atoms with van der Waals surface area (Å²) in [6.07, 6.45) is 0. The molecule has 0 bridgehead atoms. The van der Waals surface area contributed by atoms with Crippen LogP contribution >= 0.6 is 11.3 Å². The average Bonchev–Trinajstić information content (AvgIpc) is 3.01. The summed E-state index contributed by atoms with van der Waals surface area (Å²) in [6.45, 7) is 8.67. The molecule has 1 fully saturated rings. The maximum Gasteiger partial charge on any atom is 0.191 e. The Hall–Kier alpha value is -1.11. The van der Waals surface area contributed by atoms with Gasteiger partial charge in [0.1, 0.15) is 0 Å². The third kappa shape index (κ3) is 5.30. The Morgan fingerprint density at radius 3 is 2.71 bits per heavy atom. The lowest BCUT2D eigenvalue weighted by Gasteiger charge is -2.36. The number of hydrogen-bond donors (Lipinski definition) is 2. The van der Waals surface area contributed by atoms with Gasteiger partial charge >= 0.3 is 0 Å². The summed E-state index contributed by atoms with van der Waals surface area (Å²) in [5.41, 5.74) is 0. The zero-order valence-electron chi connectivity index (χ0n) is 13.3. The minimum atomic E-state index is 0.527. The second kappa shape index (κ2) is 8.36. The Morgan fingerprint density at radius 1 is 1.33 bits per heavy atom. The number of guanidine groups is 1. The summed E-state index contributed by atoms with van der Waals surface area (Å²) in [6, 6.07) is 4.74. The van der Waals surface area contributed by atoms with Crippen molar-refractivity contribution in [2.24, 2.45) is 4.99 Å². The van der Waals surface area contributed by atoms with Crippen LogP contribution in [0.25, 0.3) is 0 Å². The highest BCUT2D eigenvalue weighted by Crippen LogP contribution is 2.07. The summed E-state index contributed by atoms with van der Waals surface area (Å²) < 4.78 is 0. The molecule has 1 atom stereocenters. The molecule has 21 heavy (non-hydrogen) atoms. The maximum absolute atomic E-state index is 4.29. The monoisotopic (exact) mass is 309 g/mol. The standard InChI is InChI=1S/C15H27N5S/c1-13(20-8-6-19(3)7-9-20)11-17-15(16-2)18-12-14-5-4-10-21-14/h4-5,10,13H,6-9,11-12H2,1-3H3,(H2,16,17,18). The minimum Gasteiger partial charge on any atom is -0.355 e. The van der Waals surface area contributed by atoms with E-state index in [9.17, 15) is 0 Å². The van der Waals surface area contributed by atoms with Gasteiger partial charge in [0, 0.05) is 50.7 Å². The summed E-state index contributed by atoms with van der Waals surface area (Å²) in [4.78, 5) is 10.5. The molecule has 1 aliphatic heterocycles. The lowest BCUT2D eigenvalue weighted by atomic mass is 10.2. The van der Waals surface area contributed by atoms with Gasteiger partial charge < -0.3 is 15.5 Å². The number of nitrogens with zero attached hydrogens (tertiary/aromatic N) is 3. The van der Waals surface area contributed by atoms with Crippen molar-refractivity contribution in [3.05, 3.63) is 22.4 Å². The van der Waals surface area contributed by atoms with Gasteiger partial charge in [-0.05, 0) is 25.4 Å². The molecule has 0 aromatic carbocycles. The van der Waals surface area contributed by atoms with Crippen molar-refractivity contribution in [2.45, 2.75) is 19.5 Å². The van der Waals surface area contributed by atoms with Gasteiger partial charge in [-0.15, -0.1) is 11.3 Å². The molecule has 1 aliphatic rings. The molecule has 2 heterocycles. The van der Waals surface area contributed by atoms with Crippen LogP contribution in [0.4, 0.5) is 0 Å². The van der Waals surface area contributed by atoms with Crippen molar-refractivity contribution in [3.63, 3.8) is 0 Å². The molecule has 2 N–H and O–H groups in total. The van der Waals surface area contributed by atoms with Crippen LogP contribution in [0.2, 0.25) is 0 Å². The number of aliphatic imine (C=N–C) groups is 1. The van der Waals surface area contributed by atoms with E-state index in [1.54, 1.807) is 11.3 Å². The van der Waals surface area contributed by atoms with Gasteiger partial charge in [0.2, 0.25) is 0 Å². The lowest BCUT2D eigenvalue weighted by molar-refractivity contribution is 0.120. The van der Waals surface area contributed by atoms with Gasteiger partial charge in [-0.1, -0.05) is 6.07 Å². The Bertz CT molecular complexity index is 423. The molecule has 0 amide bonds. The van der Waals surface area contributed by atoms with Crippen LogP contribution in [0.3, 0.4) is 0 Å². The predicted octanol–water partition coefficient (Wildman–Crippen LogP) is 1.05. The fraction of sp³-hybridized carbons (Fsp3) is 0.667. The van der Waals surface area contributed by atoms with Crippen molar-refractivity contribution in [3.8, 4) is 0 Å². The van der Waals surface area contributed by atoms with E-state index in [1.165, 1.54) is 4.88 Å². The number of likely N-dealkylation sites (N-methyl/N-ethyl adjacent to an activating group) is 1. The molecule has 118 valence electrons. The Kier molecular flexibility index (Phi) is 6.48. The quantitative estimate of drug-likeness (QED) is 0.630. The molecular weight excluding hydrogens is 282 g/mol. The van der Waals surface area contributed by atoms with E-state index in [4.69, 9.17) is 0 Å². The van der Waals surface area contributed by atoms with Crippen molar-refractivity contribution in [1.82, 2.24) is 20.4 Å². The van der Waals surface area contributed by atoms with Crippen LogP contribution in [0.1, 0.15) is 11.8 Å². The summed E-state index contributed by atoms with van der Waals surface area (Å²) in [7, 11) is 4.01. The van der Waals surface area contributed by atoms with Gasteiger partial charge in [-0.3, -0.25) is 9.89 Å². The fourth-order valence-corrected chi connectivity index (χ4v) is 3.09. The molecule has 0 radical (unpaired) electrons. The summed E-state index contributed by atoms with van der Waals surface area (Å²) in [5, 5.41) is 8.89. The molecule has 1 unspecified atom stereocenters. The second-order valence-corrected chi connectivity index (χ2v) is 6.61. The average molecular weight is 309 g/mol. The topological polar surface area (TPSA) is 42.9 Å². The predicted molar refractivity (Wildman–Crippen MR) is 91.1 cm³/mol. The molecule has 5 nitrogen and oxygen atoms in total. The van der Waals surface area contributed by atoms with E-state index in [1.807, 2.05) is 7.05 Å². The Morgan fingerprint density at radius 2 is 2.10 bits per heavy atom. The van der Waals surface area contributed by atoms with Gasteiger partial charge in [-0.2, -0.15) is 0 Å². The minimum absolute atomic E-state index is 0.527. The molecule has 1 aromatic heterocycles. The number of thiophene rings is 1. The van der Waals surface area contributed by atoms with Crippen molar-refractivity contribution >= 4 is 17.3 Å². The zero-order valence-corrected chi connectivity index (χ0v) is 14.1. The molecule has 0 aliphatic carbocycles. The molecule has 0 saturated carbocycles. The van der Waals surface area contributed by atoms with Crippen LogP contribution in [-0.4, -0.2) is 68.6 Å². The van der Waals surface area contributed by atoms with Crippen molar-refractivity contribution < 1.29 is 0 Å². The molecule has 1 aromatic rings. The number of piperazine rings is 1. The molecule has 2 rings (SSSR count). The first-order valence-corrected chi connectivity index (χ1v) is 8.46. The first-order chi connectivity index (χ1) is 10.2. The van der Waals surface area contributed by atoms with Gasteiger partial charge in [-0.25, -0.2) is 0 Å². The van der Waals surface area contributed by atoms with Gasteiger partial charge in [0.15, 0.2) is 5.96 Å². The normalized spacial score (nSPS) is 19.5. The van der Waals surface area contributed by atoms with E-state index >= 15 is 0 Å². The van der Waals surface area contributed by atoms with Gasteiger partial charge in [0.25, 0.3) is 0 Å². The van der Waals surface area contributed by atoms with Crippen LogP contribution in [0, 0.1) is 0 Å². The van der Waals surface area contributed by atoms with E-state index in [0.29, 0.717) is 6.04 Å². The molecule has 0 spiro atoms. The van der Waals surface area contributed by atoms with Gasteiger partial charge in [0.05, 0.1) is 6.54 Å². The zero-order chi connectivity index (χ0) is 15.1. The SMILES string of the molecule is CN=C(NCc1cccs1)NCC(C)N1CCN(C)CC1. The van der Waals surface area contributed by atoms with E-state index in [2.05, 4.69) is 56.9 Å². The smallest absolute Gasteiger partial charge is 0.191 e. The number of hydrogen-bond acceptors (Lipinski definition) is 4. The summed E-state index contributed by atoms with van der Waals surface area (Å²) in [5.74, 6) is 0.879. The van der Waals surface area contributed by atoms with Crippen LogP contribution in [-0.2, 0) is 6.54 Å². The fourth-order valence-electron chi connectivity index (χ4n) is 2.44. The van der Waals surface area contributed by atoms with E-state index in [0.717, 1.165) is 45.2 Å². The van der Waals surface area contributed by atoms with Crippen LogP contribution < -0.4 is 10.6 Å². The van der Waals surface area contributed by atoms with Crippen LogP contribution in [0.5, 0.6) is 0 Å². The number of nitrogens with one attached hydrogen (secondary N) is 2. The highest BCUT2D eigenvalue weighted by atomic mass is 32.1. The first-order valence-electron chi connectivity index (χ1n) is 7.58. The lowest BCUT2D eigenvalue weighted by Crippen LogP contribution is -2.52. The van der Waals surface area contributed by atoms with Crippen molar-refractivity contribution in [2.75, 3.05) is 46.8 Å². The second-order valence-electron chi connectivity index (χ2n) is 5.57. The van der Waals surface area contributed by atoms with Crippen LogP contribution in [0.15, 0.2) is 22.5 Å². The maximum atomic E-state index is 4.29. The molecule has 6 heteroatoms. The Labute approximate surface area is 132 Å². The molecule has 1 saturated heterocycles. The number of rotatable bonds is 5. The highest BCUT2D eigenvalue weighted by molar-refractivity contribution is 7.09. The summed E-state index contributed by atoms with van der Waals surface area (Å²) >= 11 is 1.76. The van der Waals surface area contributed by atoms with E-state index < -0.39 is 0 Å². The largest absolute Gasteiger partial charge is 0.355 e. The third-order valence-electron chi connectivity index (χ3n) is 3.96. The highest BCUT2D eigenvalue weighted by Gasteiger charge is 2.18.